The number of nitrogens with zero attached hydrogens (tertiary/aromatic N) is 1. The molecule has 2 aromatic carbocycles. The smallest absolute Gasteiger partial charge is 0.229 e. The van der Waals surface area contributed by atoms with Crippen LogP contribution in [0.1, 0.15) is 49.4 Å². The molecule has 0 aromatic heterocycles. The number of nitrogens with one attached hydrogen (secondary N) is 1. The molecule has 2 aromatic rings. The van der Waals surface area contributed by atoms with Gasteiger partial charge in [0, 0.05) is 24.3 Å². The van der Waals surface area contributed by atoms with Crippen LogP contribution in [0.4, 0.5) is 11.4 Å². The number of para-hydroxylation sites is 1. The number of benzene rings is 2. The molecule has 1 aliphatic heterocycles. The number of rotatable bonds is 3. The standard InChI is InChI=1S/C24H30N2O2/c1-15-11-16(2)22(17(3)12-15)25-23(28)18-13-21(27)26(14-18)20-10-8-7-9-19(20)24(4,5)6/h7-12,18H,13-14H2,1-6H3,(H,25,28). The molecule has 3 rings (SSSR count). The SMILES string of the molecule is Cc1cc(C)c(NC(=O)C2CC(=O)N(c3ccccc3C(C)(C)C)C2)c(C)c1. The van der Waals surface area contributed by atoms with Crippen LogP contribution in [0, 0.1) is 26.7 Å². The Morgan fingerprint density at radius 1 is 1.07 bits per heavy atom. The van der Waals surface area contributed by atoms with E-state index in [0.29, 0.717) is 6.54 Å². The van der Waals surface area contributed by atoms with Crippen molar-refractivity contribution in [2.75, 3.05) is 16.8 Å². The molecule has 1 saturated heterocycles. The maximum Gasteiger partial charge on any atom is 0.229 e. The van der Waals surface area contributed by atoms with E-state index >= 15 is 0 Å². The fourth-order valence-corrected chi connectivity index (χ4v) is 4.06. The van der Waals surface area contributed by atoms with Crippen molar-refractivity contribution in [3.8, 4) is 0 Å². The van der Waals surface area contributed by atoms with E-state index in [1.807, 2.05) is 39.0 Å². The van der Waals surface area contributed by atoms with Gasteiger partial charge in [-0.3, -0.25) is 9.59 Å². The first-order valence-electron chi connectivity index (χ1n) is 9.86. The van der Waals surface area contributed by atoms with Crippen LogP contribution in [-0.4, -0.2) is 18.4 Å². The van der Waals surface area contributed by atoms with Gasteiger partial charge in [0.05, 0.1) is 5.92 Å². The number of anilines is 2. The Kier molecular flexibility index (Phi) is 5.33. The molecule has 1 heterocycles. The van der Waals surface area contributed by atoms with Crippen molar-refractivity contribution in [3.05, 3.63) is 58.7 Å². The zero-order chi connectivity index (χ0) is 20.6. The van der Waals surface area contributed by atoms with Crippen LogP contribution in [0.5, 0.6) is 0 Å². The Labute approximate surface area is 167 Å². The van der Waals surface area contributed by atoms with Crippen molar-refractivity contribution < 1.29 is 9.59 Å². The lowest BCUT2D eigenvalue weighted by Gasteiger charge is -2.27. The summed E-state index contributed by atoms with van der Waals surface area (Å²) in [5.41, 5.74) is 6.08. The molecule has 1 unspecified atom stereocenters. The highest BCUT2D eigenvalue weighted by atomic mass is 16.2. The van der Waals surface area contributed by atoms with Gasteiger partial charge >= 0.3 is 0 Å². The number of hydrogen-bond donors (Lipinski definition) is 1. The molecule has 0 spiro atoms. The summed E-state index contributed by atoms with van der Waals surface area (Å²) in [4.78, 5) is 27.4. The number of carbonyl (C=O) groups is 2. The van der Waals surface area contributed by atoms with Gasteiger partial charge in [-0.25, -0.2) is 0 Å². The average Bonchev–Trinajstić information content (AvgIpc) is 2.99. The van der Waals surface area contributed by atoms with Crippen molar-refractivity contribution in [2.24, 2.45) is 5.92 Å². The first-order chi connectivity index (χ1) is 13.1. The number of amides is 2. The quantitative estimate of drug-likeness (QED) is 0.826. The molecule has 1 N–H and O–H groups in total. The third-order valence-corrected chi connectivity index (χ3v) is 5.42. The van der Waals surface area contributed by atoms with Gasteiger partial charge < -0.3 is 10.2 Å². The summed E-state index contributed by atoms with van der Waals surface area (Å²) in [6, 6.07) is 12.1. The molecule has 1 atom stereocenters. The van der Waals surface area contributed by atoms with E-state index in [2.05, 4.69) is 44.3 Å². The highest BCUT2D eigenvalue weighted by Gasteiger charge is 2.37. The molecule has 4 nitrogen and oxygen atoms in total. The maximum absolute atomic E-state index is 12.9. The summed E-state index contributed by atoms with van der Waals surface area (Å²) in [5, 5.41) is 3.07. The normalized spacial score (nSPS) is 17.1. The summed E-state index contributed by atoms with van der Waals surface area (Å²) >= 11 is 0. The molecule has 1 aliphatic rings. The van der Waals surface area contributed by atoms with Crippen LogP contribution < -0.4 is 10.2 Å². The van der Waals surface area contributed by atoms with E-state index in [4.69, 9.17) is 0 Å². The van der Waals surface area contributed by atoms with E-state index in [1.165, 1.54) is 5.56 Å². The van der Waals surface area contributed by atoms with Gasteiger partial charge in [-0.1, -0.05) is 56.7 Å². The maximum atomic E-state index is 12.9. The molecule has 0 radical (unpaired) electrons. The van der Waals surface area contributed by atoms with Crippen molar-refractivity contribution in [1.82, 2.24) is 0 Å². The van der Waals surface area contributed by atoms with E-state index < -0.39 is 0 Å². The van der Waals surface area contributed by atoms with Gasteiger partial charge in [-0.2, -0.15) is 0 Å². The van der Waals surface area contributed by atoms with Crippen LogP contribution >= 0.6 is 0 Å². The summed E-state index contributed by atoms with van der Waals surface area (Å²) in [7, 11) is 0. The minimum Gasteiger partial charge on any atom is -0.325 e. The second-order valence-corrected chi connectivity index (χ2v) is 8.94. The van der Waals surface area contributed by atoms with Crippen LogP contribution in [-0.2, 0) is 15.0 Å². The topological polar surface area (TPSA) is 49.4 Å². The summed E-state index contributed by atoms with van der Waals surface area (Å²) in [6.07, 6.45) is 0.244. The van der Waals surface area contributed by atoms with E-state index in [9.17, 15) is 9.59 Å². The lowest BCUT2D eigenvalue weighted by Crippen LogP contribution is -2.30. The first kappa shape index (κ1) is 20.1. The predicted octanol–water partition coefficient (Wildman–Crippen LogP) is 4.90. The Hall–Kier alpha value is -2.62. The third-order valence-electron chi connectivity index (χ3n) is 5.42. The van der Waals surface area contributed by atoms with E-state index in [1.54, 1.807) is 4.90 Å². The molecular formula is C24H30N2O2. The average molecular weight is 379 g/mol. The Bertz CT molecular complexity index is 901. The Morgan fingerprint density at radius 3 is 2.29 bits per heavy atom. The van der Waals surface area contributed by atoms with Gasteiger partial charge in [0.1, 0.15) is 0 Å². The fourth-order valence-electron chi connectivity index (χ4n) is 4.06. The number of carbonyl (C=O) groups excluding carboxylic acids is 2. The predicted molar refractivity (Wildman–Crippen MR) is 115 cm³/mol. The van der Waals surface area contributed by atoms with Crippen molar-refractivity contribution in [3.63, 3.8) is 0 Å². The molecule has 2 amide bonds. The fraction of sp³-hybridized carbons (Fsp3) is 0.417. The number of aryl methyl sites for hydroxylation is 3. The number of hydrogen-bond acceptors (Lipinski definition) is 2. The minimum absolute atomic E-state index is 0.00852. The van der Waals surface area contributed by atoms with Gasteiger partial charge in [0.15, 0.2) is 0 Å². The summed E-state index contributed by atoms with van der Waals surface area (Å²) in [5.74, 6) is -0.422. The van der Waals surface area contributed by atoms with Crippen LogP contribution in [0.3, 0.4) is 0 Å². The molecule has 28 heavy (non-hydrogen) atoms. The van der Waals surface area contributed by atoms with Crippen molar-refractivity contribution in [1.29, 1.82) is 0 Å². The largest absolute Gasteiger partial charge is 0.325 e. The molecule has 0 saturated carbocycles. The Morgan fingerprint density at radius 2 is 1.68 bits per heavy atom. The van der Waals surface area contributed by atoms with Gasteiger partial charge in [0.25, 0.3) is 0 Å². The van der Waals surface area contributed by atoms with E-state index in [-0.39, 0.29) is 29.6 Å². The van der Waals surface area contributed by atoms with E-state index in [0.717, 1.165) is 28.1 Å². The lowest BCUT2D eigenvalue weighted by molar-refractivity contribution is -0.122. The highest BCUT2D eigenvalue weighted by Crippen LogP contribution is 2.35. The first-order valence-corrected chi connectivity index (χ1v) is 9.86. The van der Waals surface area contributed by atoms with Crippen molar-refractivity contribution >= 4 is 23.2 Å². The zero-order valence-electron chi connectivity index (χ0n) is 17.7. The molecule has 4 heteroatoms. The second-order valence-electron chi connectivity index (χ2n) is 8.94. The van der Waals surface area contributed by atoms with Gasteiger partial charge in [-0.15, -0.1) is 0 Å². The summed E-state index contributed by atoms with van der Waals surface area (Å²) in [6.45, 7) is 12.9. The van der Waals surface area contributed by atoms with Crippen LogP contribution in [0.25, 0.3) is 0 Å². The van der Waals surface area contributed by atoms with Crippen LogP contribution in [0.15, 0.2) is 36.4 Å². The highest BCUT2D eigenvalue weighted by molar-refractivity contribution is 6.04. The third kappa shape index (κ3) is 3.96. The molecule has 0 bridgehead atoms. The Balaban J connectivity index is 1.82. The monoisotopic (exact) mass is 378 g/mol. The summed E-state index contributed by atoms with van der Waals surface area (Å²) < 4.78 is 0. The molecule has 1 fully saturated rings. The van der Waals surface area contributed by atoms with Crippen LogP contribution in [0.2, 0.25) is 0 Å². The zero-order valence-corrected chi connectivity index (χ0v) is 17.7. The molecule has 148 valence electrons. The molecular weight excluding hydrogens is 348 g/mol. The lowest BCUT2D eigenvalue weighted by atomic mass is 9.85. The molecule has 0 aliphatic carbocycles. The minimum atomic E-state index is -0.347. The van der Waals surface area contributed by atoms with Gasteiger partial charge in [0.2, 0.25) is 11.8 Å². The van der Waals surface area contributed by atoms with Gasteiger partial charge in [-0.05, 0) is 48.9 Å². The second kappa shape index (κ2) is 7.42. The van der Waals surface area contributed by atoms with Crippen molar-refractivity contribution in [2.45, 2.75) is 53.4 Å².